The van der Waals surface area contributed by atoms with E-state index in [4.69, 9.17) is 32.7 Å². The standard InChI is InChI=1S/C24H21Cl2N3O6/c1-34-18-4-3-5-19(35-2)21(18)23(31)29-17(24(32)33)10-13-6-8-14(9-7-13)28-22(30)20-15(25)11-27-12-16(20)26/h3-9,11-12,17H,10H2,1-2H3,(H,28,30)(H,29,31)(H,32,33)/t17-/m0/s1. The number of carbonyl (C=O) groups excluding carboxylic acids is 2. The number of carboxylic acid groups (broad SMARTS) is 1. The van der Waals surface area contributed by atoms with Gasteiger partial charge in [-0.1, -0.05) is 41.4 Å². The van der Waals surface area contributed by atoms with Crippen molar-refractivity contribution in [3.63, 3.8) is 0 Å². The maximum Gasteiger partial charge on any atom is 0.326 e. The third kappa shape index (κ3) is 6.20. The van der Waals surface area contributed by atoms with Crippen LogP contribution < -0.4 is 20.1 Å². The Morgan fingerprint density at radius 1 is 0.914 bits per heavy atom. The highest BCUT2D eigenvalue weighted by molar-refractivity contribution is 6.40. The Balaban J connectivity index is 1.72. The number of amides is 2. The molecule has 0 aliphatic rings. The van der Waals surface area contributed by atoms with Crippen molar-refractivity contribution in [1.82, 2.24) is 10.3 Å². The lowest BCUT2D eigenvalue weighted by atomic mass is 10.0. The first kappa shape index (κ1) is 25.8. The van der Waals surface area contributed by atoms with Crippen molar-refractivity contribution in [2.75, 3.05) is 19.5 Å². The molecule has 35 heavy (non-hydrogen) atoms. The molecule has 0 radical (unpaired) electrons. The molecule has 3 aromatic rings. The van der Waals surface area contributed by atoms with Gasteiger partial charge in [-0.25, -0.2) is 4.79 Å². The molecule has 1 atom stereocenters. The summed E-state index contributed by atoms with van der Waals surface area (Å²) in [7, 11) is 2.80. The molecule has 2 amide bonds. The van der Waals surface area contributed by atoms with E-state index in [9.17, 15) is 19.5 Å². The Labute approximate surface area is 211 Å². The van der Waals surface area contributed by atoms with E-state index in [1.165, 1.54) is 26.6 Å². The molecule has 0 saturated heterocycles. The zero-order valence-electron chi connectivity index (χ0n) is 18.7. The first-order chi connectivity index (χ1) is 16.7. The number of aromatic nitrogens is 1. The number of benzene rings is 2. The smallest absolute Gasteiger partial charge is 0.326 e. The first-order valence-corrected chi connectivity index (χ1v) is 10.9. The molecule has 3 N–H and O–H groups in total. The van der Waals surface area contributed by atoms with Gasteiger partial charge in [0.1, 0.15) is 23.1 Å². The first-order valence-electron chi connectivity index (χ1n) is 10.2. The van der Waals surface area contributed by atoms with E-state index in [2.05, 4.69) is 15.6 Å². The summed E-state index contributed by atoms with van der Waals surface area (Å²) in [6.45, 7) is 0. The summed E-state index contributed by atoms with van der Waals surface area (Å²) in [5.74, 6) is -1.88. The third-order valence-corrected chi connectivity index (χ3v) is 5.56. The molecule has 182 valence electrons. The van der Waals surface area contributed by atoms with Crippen LogP contribution in [0, 0.1) is 0 Å². The van der Waals surface area contributed by atoms with Crippen LogP contribution in [0.1, 0.15) is 26.3 Å². The fourth-order valence-corrected chi connectivity index (χ4v) is 3.82. The van der Waals surface area contributed by atoms with E-state index in [-0.39, 0.29) is 39.1 Å². The molecule has 0 unspecified atom stereocenters. The average molecular weight is 518 g/mol. The van der Waals surface area contributed by atoms with Crippen molar-refractivity contribution in [3.8, 4) is 11.5 Å². The quantitative estimate of drug-likeness (QED) is 0.390. The van der Waals surface area contributed by atoms with Gasteiger partial charge in [-0.2, -0.15) is 0 Å². The van der Waals surface area contributed by atoms with E-state index < -0.39 is 23.8 Å². The SMILES string of the molecule is COc1cccc(OC)c1C(=O)N[C@@H](Cc1ccc(NC(=O)c2c(Cl)cncc2Cl)cc1)C(=O)O. The number of ether oxygens (including phenoxy) is 2. The maximum absolute atomic E-state index is 12.9. The lowest BCUT2D eigenvalue weighted by Gasteiger charge is -2.18. The van der Waals surface area contributed by atoms with E-state index in [1.54, 1.807) is 42.5 Å². The molecule has 0 bridgehead atoms. The van der Waals surface area contributed by atoms with Crippen molar-refractivity contribution in [3.05, 3.63) is 81.6 Å². The van der Waals surface area contributed by atoms with Crippen LogP contribution in [0.3, 0.4) is 0 Å². The topological polar surface area (TPSA) is 127 Å². The monoisotopic (exact) mass is 517 g/mol. The van der Waals surface area contributed by atoms with E-state index in [1.807, 2.05) is 0 Å². The molecular formula is C24H21Cl2N3O6. The van der Waals surface area contributed by atoms with Gasteiger partial charge < -0.3 is 25.2 Å². The number of methoxy groups -OCH3 is 2. The van der Waals surface area contributed by atoms with Gasteiger partial charge in [-0.15, -0.1) is 0 Å². The van der Waals surface area contributed by atoms with Gasteiger partial charge in [0, 0.05) is 24.5 Å². The summed E-state index contributed by atoms with van der Waals surface area (Å²) < 4.78 is 10.4. The minimum absolute atomic E-state index is 0.00518. The number of aliphatic carboxylic acids is 1. The van der Waals surface area contributed by atoms with Gasteiger partial charge in [0.2, 0.25) is 0 Å². The second kappa shape index (κ2) is 11.5. The summed E-state index contributed by atoms with van der Waals surface area (Å²) in [5, 5.41) is 15.1. The fraction of sp³-hybridized carbons (Fsp3) is 0.167. The number of anilines is 1. The molecule has 11 heteroatoms. The van der Waals surface area contributed by atoms with Gasteiger partial charge in [-0.3, -0.25) is 14.6 Å². The molecule has 1 aromatic heterocycles. The number of nitrogens with one attached hydrogen (secondary N) is 2. The lowest BCUT2D eigenvalue weighted by Crippen LogP contribution is -2.42. The number of carbonyl (C=O) groups is 3. The summed E-state index contributed by atoms with van der Waals surface area (Å²) >= 11 is 12.0. The molecule has 0 saturated carbocycles. The third-order valence-electron chi connectivity index (χ3n) is 4.99. The van der Waals surface area contributed by atoms with Gasteiger partial charge in [-0.05, 0) is 29.8 Å². The largest absolute Gasteiger partial charge is 0.496 e. The van der Waals surface area contributed by atoms with Crippen LogP contribution in [0.4, 0.5) is 5.69 Å². The Morgan fingerprint density at radius 2 is 1.49 bits per heavy atom. The number of pyridine rings is 1. The Bertz CT molecular complexity index is 1210. The number of hydrogen-bond acceptors (Lipinski definition) is 6. The van der Waals surface area contributed by atoms with Crippen LogP contribution in [-0.4, -0.2) is 48.1 Å². The van der Waals surface area contributed by atoms with E-state index >= 15 is 0 Å². The highest BCUT2D eigenvalue weighted by Crippen LogP contribution is 2.28. The van der Waals surface area contributed by atoms with Gasteiger partial charge in [0.25, 0.3) is 11.8 Å². The predicted octanol–water partition coefficient (Wildman–Crippen LogP) is 4.08. The molecular weight excluding hydrogens is 497 g/mol. The number of nitrogens with zero attached hydrogens (tertiary/aromatic N) is 1. The van der Waals surface area contributed by atoms with E-state index in [0.29, 0.717) is 11.3 Å². The highest BCUT2D eigenvalue weighted by atomic mass is 35.5. The Hall–Kier alpha value is -3.82. The Kier molecular flexibility index (Phi) is 8.51. The molecule has 0 spiro atoms. The summed E-state index contributed by atoms with van der Waals surface area (Å²) in [5.41, 5.74) is 1.24. The molecule has 0 aliphatic heterocycles. The van der Waals surface area contributed by atoms with Crippen LogP contribution >= 0.6 is 23.2 Å². The fourth-order valence-electron chi connectivity index (χ4n) is 3.29. The summed E-state index contributed by atoms with van der Waals surface area (Å²) in [4.78, 5) is 41.0. The minimum Gasteiger partial charge on any atom is -0.496 e. The number of rotatable bonds is 9. The molecule has 1 heterocycles. The summed E-state index contributed by atoms with van der Waals surface area (Å²) in [6.07, 6.45) is 2.62. The van der Waals surface area contributed by atoms with Crippen LogP contribution in [0.25, 0.3) is 0 Å². The van der Waals surface area contributed by atoms with E-state index in [0.717, 1.165) is 0 Å². The van der Waals surface area contributed by atoms with Crippen LogP contribution in [0.2, 0.25) is 10.0 Å². The normalized spacial score (nSPS) is 11.3. The van der Waals surface area contributed by atoms with Crippen molar-refractivity contribution < 1.29 is 29.0 Å². The predicted molar refractivity (Wildman–Crippen MR) is 131 cm³/mol. The van der Waals surface area contributed by atoms with Crippen molar-refractivity contribution in [2.24, 2.45) is 0 Å². The van der Waals surface area contributed by atoms with Crippen molar-refractivity contribution in [1.29, 1.82) is 0 Å². The van der Waals surface area contributed by atoms with Crippen molar-refractivity contribution >= 4 is 46.7 Å². The number of carboxylic acids is 1. The molecule has 0 aliphatic carbocycles. The van der Waals surface area contributed by atoms with Crippen molar-refractivity contribution in [2.45, 2.75) is 12.5 Å². The van der Waals surface area contributed by atoms with Crippen LogP contribution in [-0.2, 0) is 11.2 Å². The second-order valence-electron chi connectivity index (χ2n) is 7.24. The second-order valence-corrected chi connectivity index (χ2v) is 8.05. The average Bonchev–Trinajstić information content (AvgIpc) is 2.83. The minimum atomic E-state index is -1.23. The van der Waals surface area contributed by atoms with Gasteiger partial charge >= 0.3 is 5.97 Å². The molecule has 9 nitrogen and oxygen atoms in total. The maximum atomic E-state index is 12.9. The lowest BCUT2D eigenvalue weighted by molar-refractivity contribution is -0.139. The Morgan fingerprint density at radius 3 is 2.00 bits per heavy atom. The zero-order chi connectivity index (χ0) is 25.5. The van der Waals surface area contributed by atoms with Crippen LogP contribution in [0.15, 0.2) is 54.9 Å². The van der Waals surface area contributed by atoms with Gasteiger partial charge in [0.05, 0.1) is 29.8 Å². The molecule has 0 fully saturated rings. The van der Waals surface area contributed by atoms with Gasteiger partial charge in [0.15, 0.2) is 0 Å². The zero-order valence-corrected chi connectivity index (χ0v) is 20.2. The summed E-state index contributed by atoms with van der Waals surface area (Å²) in [6, 6.07) is 10.0. The highest BCUT2D eigenvalue weighted by Gasteiger charge is 2.25. The molecule has 3 rings (SSSR count). The number of halogens is 2. The number of hydrogen-bond donors (Lipinski definition) is 3. The molecule has 2 aromatic carbocycles. The van der Waals surface area contributed by atoms with Crippen LogP contribution in [0.5, 0.6) is 11.5 Å².